The van der Waals surface area contributed by atoms with Gasteiger partial charge in [-0.1, -0.05) is 67.8 Å². The van der Waals surface area contributed by atoms with Crippen LogP contribution in [0.3, 0.4) is 0 Å². The normalized spacial score (nSPS) is 13.5. The zero-order chi connectivity index (χ0) is 21.5. The Balaban J connectivity index is 2.68. The van der Waals surface area contributed by atoms with Crippen LogP contribution in [0.1, 0.15) is 25.0 Å². The Bertz CT molecular complexity index is 856. The lowest BCUT2D eigenvalue weighted by Crippen LogP contribution is -2.10. The first-order chi connectivity index (χ1) is 14.0. The summed E-state index contributed by atoms with van der Waals surface area (Å²) < 4.78 is 5.69. The number of hydrogen-bond donors (Lipinski definition) is 2. The van der Waals surface area contributed by atoms with E-state index in [0.717, 1.165) is 16.9 Å². The molecule has 1 aromatic carbocycles. The van der Waals surface area contributed by atoms with Crippen LogP contribution in [0.2, 0.25) is 0 Å². The lowest BCUT2D eigenvalue weighted by molar-refractivity contribution is 0.201. The average Bonchev–Trinajstić information content (AvgIpc) is 2.72. The largest absolute Gasteiger partial charge is 0.494 e. The van der Waals surface area contributed by atoms with E-state index in [9.17, 15) is 0 Å². The van der Waals surface area contributed by atoms with Gasteiger partial charge in [-0.2, -0.15) is 10.2 Å². The second kappa shape index (κ2) is 13.5. The molecule has 6 heteroatoms. The number of hydrogen-bond acceptors (Lipinski definition) is 5. The number of ether oxygens (including phenoxy) is 1. The molecule has 0 aliphatic carbocycles. The molecule has 6 nitrogen and oxygen atoms in total. The van der Waals surface area contributed by atoms with Gasteiger partial charge in [0.05, 0.1) is 12.3 Å². The van der Waals surface area contributed by atoms with Crippen LogP contribution in [-0.2, 0) is 17.9 Å². The highest BCUT2D eigenvalue weighted by molar-refractivity contribution is 6.02. The van der Waals surface area contributed by atoms with E-state index in [2.05, 4.69) is 28.5 Å². The molecule has 0 saturated carbocycles. The van der Waals surface area contributed by atoms with E-state index in [1.165, 1.54) is 0 Å². The molecule has 1 aromatic rings. The molecule has 0 aliphatic heterocycles. The first-order valence-corrected chi connectivity index (χ1v) is 9.11. The molecule has 0 saturated heterocycles. The van der Waals surface area contributed by atoms with Gasteiger partial charge in [0.1, 0.15) is 6.61 Å². The predicted octanol–water partition coefficient (Wildman–Crippen LogP) is 5.05. The van der Waals surface area contributed by atoms with E-state index in [1.807, 2.05) is 68.5 Å². The van der Waals surface area contributed by atoms with Crippen LogP contribution < -0.4 is 11.6 Å². The molecule has 0 heterocycles. The molecule has 0 atom stereocenters. The third-order valence-corrected chi connectivity index (χ3v) is 3.65. The van der Waals surface area contributed by atoms with Gasteiger partial charge in [0, 0.05) is 11.3 Å². The Hall–Kier alpha value is -3.67. The Morgan fingerprint density at radius 1 is 1.10 bits per heavy atom. The van der Waals surface area contributed by atoms with Gasteiger partial charge in [0.2, 0.25) is 5.84 Å². The highest BCUT2D eigenvalue weighted by Gasteiger charge is 2.07. The first kappa shape index (κ1) is 23.4. The van der Waals surface area contributed by atoms with Crippen LogP contribution in [-0.4, -0.2) is 5.84 Å². The van der Waals surface area contributed by atoms with Crippen molar-refractivity contribution in [2.45, 2.75) is 27.0 Å². The molecule has 0 amide bonds. The standard InChI is InChI=1S/C23H29N5O/c1-5-7-9-10-18(3)29-17-21-14-12-20(13-15-21)16-26-28-23(27-25)22(19(4)24)11-8-6-2/h5-15H,1,4,16-17,24-25H2,2-3H3/b8-6-,9-7-,18-10+,22-11+,27-23?,28-26?. The molecule has 1 rings (SSSR count). The van der Waals surface area contributed by atoms with Gasteiger partial charge in [0.25, 0.3) is 0 Å². The van der Waals surface area contributed by atoms with E-state index in [-0.39, 0.29) is 5.84 Å². The van der Waals surface area contributed by atoms with Gasteiger partial charge in [0.15, 0.2) is 0 Å². The molecule has 0 aliphatic rings. The molecule has 29 heavy (non-hydrogen) atoms. The molecule has 0 spiro atoms. The third-order valence-electron chi connectivity index (χ3n) is 3.65. The summed E-state index contributed by atoms with van der Waals surface area (Å²) >= 11 is 0. The van der Waals surface area contributed by atoms with Gasteiger partial charge in [-0.3, -0.25) is 0 Å². The summed E-state index contributed by atoms with van der Waals surface area (Å²) in [5.41, 5.74) is 8.70. The topological polar surface area (TPSA) is 98.3 Å². The number of amidine groups is 1. The van der Waals surface area contributed by atoms with Crippen LogP contribution in [0, 0.1) is 0 Å². The maximum Gasteiger partial charge on any atom is 0.202 e. The molecular formula is C23H29N5O. The first-order valence-electron chi connectivity index (χ1n) is 9.11. The predicted molar refractivity (Wildman–Crippen MR) is 121 cm³/mol. The monoisotopic (exact) mass is 391 g/mol. The number of rotatable bonds is 10. The number of allylic oxidation sites excluding steroid dienone is 8. The van der Waals surface area contributed by atoms with E-state index in [0.29, 0.717) is 24.4 Å². The summed E-state index contributed by atoms with van der Waals surface area (Å²) in [6, 6.07) is 7.95. The van der Waals surface area contributed by atoms with Crippen molar-refractivity contribution in [3.63, 3.8) is 0 Å². The van der Waals surface area contributed by atoms with Gasteiger partial charge < -0.3 is 16.3 Å². The zero-order valence-corrected chi connectivity index (χ0v) is 17.1. The fraction of sp³-hybridized carbons (Fsp3) is 0.174. The highest BCUT2D eigenvalue weighted by Crippen LogP contribution is 2.11. The zero-order valence-electron chi connectivity index (χ0n) is 17.1. The van der Waals surface area contributed by atoms with Crippen molar-refractivity contribution in [1.82, 2.24) is 0 Å². The summed E-state index contributed by atoms with van der Waals surface area (Å²) in [4.78, 5) is 0. The minimum Gasteiger partial charge on any atom is -0.494 e. The highest BCUT2D eigenvalue weighted by atomic mass is 16.5. The quantitative estimate of drug-likeness (QED) is 0.111. The molecule has 152 valence electrons. The van der Waals surface area contributed by atoms with Crippen molar-refractivity contribution in [1.29, 1.82) is 0 Å². The van der Waals surface area contributed by atoms with E-state index in [1.54, 1.807) is 12.2 Å². The van der Waals surface area contributed by atoms with Crippen LogP contribution in [0.4, 0.5) is 0 Å². The molecule has 0 radical (unpaired) electrons. The van der Waals surface area contributed by atoms with E-state index < -0.39 is 0 Å². The van der Waals surface area contributed by atoms with Gasteiger partial charge >= 0.3 is 0 Å². The molecular weight excluding hydrogens is 362 g/mol. The van der Waals surface area contributed by atoms with E-state index >= 15 is 0 Å². The van der Waals surface area contributed by atoms with Crippen molar-refractivity contribution in [3.8, 4) is 0 Å². The third kappa shape index (κ3) is 9.19. The van der Waals surface area contributed by atoms with Crippen molar-refractivity contribution >= 4 is 5.84 Å². The number of nitrogens with two attached hydrogens (primary N) is 2. The summed E-state index contributed by atoms with van der Waals surface area (Å²) in [7, 11) is 0. The van der Waals surface area contributed by atoms with Gasteiger partial charge in [-0.15, -0.1) is 5.11 Å². The molecule has 0 bridgehead atoms. The van der Waals surface area contributed by atoms with Crippen LogP contribution in [0.25, 0.3) is 0 Å². The van der Waals surface area contributed by atoms with Crippen LogP contribution in [0.15, 0.2) is 112 Å². The lowest BCUT2D eigenvalue weighted by Gasteiger charge is -2.06. The van der Waals surface area contributed by atoms with Crippen molar-refractivity contribution < 1.29 is 4.74 Å². The number of benzene rings is 1. The van der Waals surface area contributed by atoms with Gasteiger partial charge in [-0.25, -0.2) is 0 Å². The SMILES string of the molecule is C=C/C=C\C=C(/C)OCc1ccc(CN=NC(=NN)/C(=C/C=C\C)C(=C)N)cc1. The second-order valence-electron chi connectivity index (χ2n) is 5.99. The molecule has 0 unspecified atom stereocenters. The van der Waals surface area contributed by atoms with Crippen molar-refractivity contribution in [2.75, 3.05) is 0 Å². The van der Waals surface area contributed by atoms with Crippen LogP contribution >= 0.6 is 0 Å². The second-order valence-corrected chi connectivity index (χ2v) is 5.99. The minimum absolute atomic E-state index is 0.230. The molecule has 0 fully saturated rings. The Morgan fingerprint density at radius 3 is 2.38 bits per heavy atom. The maximum atomic E-state index is 5.78. The van der Waals surface area contributed by atoms with Crippen molar-refractivity contribution in [3.05, 3.63) is 108 Å². The molecule has 4 N–H and O–H groups in total. The summed E-state index contributed by atoms with van der Waals surface area (Å²) in [6.07, 6.45) is 12.7. The summed E-state index contributed by atoms with van der Waals surface area (Å²) in [5.74, 6) is 6.48. The van der Waals surface area contributed by atoms with Crippen molar-refractivity contribution in [2.24, 2.45) is 26.9 Å². The maximum absolute atomic E-state index is 5.78. The number of hydrazone groups is 1. The molecule has 0 aromatic heterocycles. The van der Waals surface area contributed by atoms with Crippen LogP contribution in [0.5, 0.6) is 0 Å². The lowest BCUT2D eigenvalue weighted by atomic mass is 10.1. The fourth-order valence-electron chi connectivity index (χ4n) is 2.11. The Kier molecular flexibility index (Phi) is 10.9. The number of azo groups is 1. The van der Waals surface area contributed by atoms with Gasteiger partial charge in [-0.05, 0) is 37.1 Å². The number of nitrogens with zero attached hydrogens (tertiary/aromatic N) is 3. The minimum atomic E-state index is 0.230. The smallest absolute Gasteiger partial charge is 0.202 e. The summed E-state index contributed by atoms with van der Waals surface area (Å²) in [6.45, 7) is 12.0. The van der Waals surface area contributed by atoms with E-state index in [4.69, 9.17) is 16.3 Å². The average molecular weight is 392 g/mol. The summed E-state index contributed by atoms with van der Waals surface area (Å²) in [5, 5.41) is 11.9. The fourth-order valence-corrected chi connectivity index (χ4v) is 2.11. The Morgan fingerprint density at radius 2 is 1.79 bits per heavy atom. The Labute approximate surface area is 173 Å².